The third kappa shape index (κ3) is 3.40. The van der Waals surface area contributed by atoms with Crippen molar-refractivity contribution in [1.29, 1.82) is 5.41 Å². The number of aliphatic carboxylic acids is 1. The van der Waals surface area contributed by atoms with Gasteiger partial charge in [0.05, 0.1) is 5.57 Å². The highest BCUT2D eigenvalue weighted by molar-refractivity contribution is 6.07. The van der Waals surface area contributed by atoms with E-state index in [0.29, 0.717) is 0 Å². The van der Waals surface area contributed by atoms with Crippen molar-refractivity contribution in [2.75, 3.05) is 13.6 Å². The highest BCUT2D eigenvalue weighted by atomic mass is 16.4. The lowest BCUT2D eigenvalue weighted by Crippen LogP contribution is -2.13. The predicted octanol–water partition coefficient (Wildman–Crippen LogP) is 0.556. The number of hydrogen-bond donors (Lipinski definition) is 2. The van der Waals surface area contributed by atoms with Crippen molar-refractivity contribution < 1.29 is 9.90 Å². The third-order valence-corrected chi connectivity index (χ3v) is 1.26. The Balaban J connectivity index is 4.34. The van der Waals surface area contributed by atoms with Gasteiger partial charge in [-0.3, -0.25) is 0 Å². The molecular weight excluding hydrogens is 144 g/mol. The van der Waals surface area contributed by atoms with E-state index in [4.69, 9.17) is 10.5 Å². The molecule has 0 aromatic heterocycles. The summed E-state index contributed by atoms with van der Waals surface area (Å²) in [6.07, 6.45) is 2.25. The fourth-order valence-electron chi connectivity index (χ4n) is 0.483. The zero-order valence-electron chi connectivity index (χ0n) is 6.66. The Labute approximate surface area is 65.6 Å². The fourth-order valence-corrected chi connectivity index (χ4v) is 0.483. The summed E-state index contributed by atoms with van der Waals surface area (Å²) in [6.45, 7) is 2.63. The van der Waals surface area contributed by atoms with E-state index in [-0.39, 0.29) is 5.57 Å². The van der Waals surface area contributed by atoms with Crippen LogP contribution in [0.1, 0.15) is 6.92 Å². The van der Waals surface area contributed by atoms with E-state index in [1.807, 2.05) is 6.92 Å². The first kappa shape index (κ1) is 9.68. The third-order valence-electron chi connectivity index (χ3n) is 1.26. The van der Waals surface area contributed by atoms with Crippen LogP contribution in [0.4, 0.5) is 0 Å². The minimum Gasteiger partial charge on any atom is -0.478 e. The minimum atomic E-state index is -1.07. The Bertz CT molecular complexity index is 187. The summed E-state index contributed by atoms with van der Waals surface area (Å²) in [6, 6.07) is 0. The van der Waals surface area contributed by atoms with Crippen LogP contribution in [-0.2, 0) is 4.79 Å². The normalized spacial score (nSPS) is 10.9. The first-order chi connectivity index (χ1) is 5.11. The van der Waals surface area contributed by atoms with Gasteiger partial charge in [-0.15, -0.1) is 0 Å². The van der Waals surface area contributed by atoms with Crippen LogP contribution in [0.25, 0.3) is 0 Å². The molecule has 0 radical (unpaired) electrons. The van der Waals surface area contributed by atoms with Crippen molar-refractivity contribution in [1.82, 2.24) is 4.90 Å². The van der Waals surface area contributed by atoms with Crippen LogP contribution in [0.15, 0.2) is 11.8 Å². The van der Waals surface area contributed by atoms with Gasteiger partial charge in [0.1, 0.15) is 0 Å². The van der Waals surface area contributed by atoms with Crippen molar-refractivity contribution in [3.05, 3.63) is 11.8 Å². The van der Waals surface area contributed by atoms with Crippen molar-refractivity contribution in [3.8, 4) is 0 Å². The smallest absolute Gasteiger partial charge is 0.338 e. The van der Waals surface area contributed by atoms with E-state index in [2.05, 4.69) is 0 Å². The van der Waals surface area contributed by atoms with E-state index in [9.17, 15) is 4.79 Å². The number of carboxylic acid groups (broad SMARTS) is 1. The van der Waals surface area contributed by atoms with Gasteiger partial charge < -0.3 is 15.4 Å². The van der Waals surface area contributed by atoms with Crippen molar-refractivity contribution >= 4 is 12.2 Å². The SMILES string of the molecule is CCN(C)/C=C(\C=N)C(=O)O. The van der Waals surface area contributed by atoms with Crippen LogP contribution < -0.4 is 0 Å². The molecular formula is C7H12N2O2. The van der Waals surface area contributed by atoms with Crippen molar-refractivity contribution in [3.63, 3.8) is 0 Å². The molecule has 0 fully saturated rings. The topological polar surface area (TPSA) is 64.4 Å². The summed E-state index contributed by atoms with van der Waals surface area (Å²) in [5.41, 5.74) is -0.00523. The zero-order valence-corrected chi connectivity index (χ0v) is 6.66. The van der Waals surface area contributed by atoms with Gasteiger partial charge in [0.25, 0.3) is 0 Å². The molecule has 11 heavy (non-hydrogen) atoms. The monoisotopic (exact) mass is 156 g/mol. The Morgan fingerprint density at radius 3 is 2.55 bits per heavy atom. The second-order valence-corrected chi connectivity index (χ2v) is 2.11. The van der Waals surface area contributed by atoms with Gasteiger partial charge in [0.15, 0.2) is 0 Å². The number of carbonyl (C=O) groups is 1. The van der Waals surface area contributed by atoms with E-state index in [1.165, 1.54) is 6.20 Å². The van der Waals surface area contributed by atoms with Crippen molar-refractivity contribution in [2.24, 2.45) is 0 Å². The lowest BCUT2D eigenvalue weighted by molar-refractivity contribution is -0.132. The number of carboxylic acids is 1. The molecule has 0 aromatic rings. The standard InChI is InChI=1S/C7H12N2O2/c1-3-9(2)5-6(4-8)7(10)11/h4-5,8H,3H2,1-2H3,(H,10,11)/b6-5+,8-4?. The first-order valence-electron chi connectivity index (χ1n) is 3.27. The molecule has 0 spiro atoms. The molecule has 0 atom stereocenters. The maximum absolute atomic E-state index is 10.3. The Morgan fingerprint density at radius 1 is 1.73 bits per heavy atom. The first-order valence-corrected chi connectivity index (χ1v) is 3.27. The zero-order chi connectivity index (χ0) is 8.85. The quantitative estimate of drug-likeness (QED) is 0.461. The van der Waals surface area contributed by atoms with Gasteiger partial charge in [-0.1, -0.05) is 0 Å². The molecule has 0 saturated heterocycles. The molecule has 4 nitrogen and oxygen atoms in total. The molecule has 0 unspecified atom stereocenters. The van der Waals surface area contributed by atoms with Crippen LogP contribution in [0, 0.1) is 5.41 Å². The Kier molecular flexibility index (Phi) is 3.95. The maximum atomic E-state index is 10.3. The summed E-state index contributed by atoms with van der Waals surface area (Å²) in [7, 11) is 1.76. The molecule has 0 bridgehead atoms. The molecule has 0 aliphatic rings. The van der Waals surface area contributed by atoms with Crippen LogP contribution in [0.5, 0.6) is 0 Å². The van der Waals surface area contributed by atoms with Gasteiger partial charge in [-0.2, -0.15) is 0 Å². The van der Waals surface area contributed by atoms with Crippen LogP contribution in [-0.4, -0.2) is 35.8 Å². The molecule has 62 valence electrons. The van der Waals surface area contributed by atoms with Gasteiger partial charge in [0.2, 0.25) is 0 Å². The van der Waals surface area contributed by atoms with E-state index in [1.54, 1.807) is 11.9 Å². The number of nitrogens with one attached hydrogen (secondary N) is 1. The molecule has 0 saturated carbocycles. The summed E-state index contributed by atoms with van der Waals surface area (Å²) in [5.74, 6) is -1.07. The molecule has 2 N–H and O–H groups in total. The number of hydrogen-bond acceptors (Lipinski definition) is 3. The molecule has 0 rings (SSSR count). The predicted molar refractivity (Wildman–Crippen MR) is 42.8 cm³/mol. The highest BCUT2D eigenvalue weighted by Crippen LogP contribution is 1.92. The Morgan fingerprint density at radius 2 is 2.27 bits per heavy atom. The largest absolute Gasteiger partial charge is 0.478 e. The second kappa shape index (κ2) is 4.49. The second-order valence-electron chi connectivity index (χ2n) is 2.11. The molecule has 0 aliphatic carbocycles. The summed E-state index contributed by atoms with van der Waals surface area (Å²) < 4.78 is 0. The molecule has 4 heteroatoms. The fraction of sp³-hybridized carbons (Fsp3) is 0.429. The van der Waals surface area contributed by atoms with Gasteiger partial charge >= 0.3 is 5.97 Å². The summed E-state index contributed by atoms with van der Waals surface area (Å²) in [5, 5.41) is 15.2. The average Bonchev–Trinajstić information content (AvgIpc) is 1.99. The number of rotatable bonds is 4. The van der Waals surface area contributed by atoms with Crippen molar-refractivity contribution in [2.45, 2.75) is 6.92 Å². The minimum absolute atomic E-state index is 0.00523. The Hall–Kier alpha value is -1.32. The van der Waals surface area contributed by atoms with Crippen LogP contribution >= 0.6 is 0 Å². The van der Waals surface area contributed by atoms with E-state index < -0.39 is 5.97 Å². The van der Waals surface area contributed by atoms with Crippen LogP contribution in [0.2, 0.25) is 0 Å². The van der Waals surface area contributed by atoms with Crippen LogP contribution in [0.3, 0.4) is 0 Å². The highest BCUT2D eigenvalue weighted by Gasteiger charge is 2.02. The average molecular weight is 156 g/mol. The lowest BCUT2D eigenvalue weighted by Gasteiger charge is -2.09. The van der Waals surface area contributed by atoms with E-state index in [0.717, 1.165) is 12.8 Å². The summed E-state index contributed by atoms with van der Waals surface area (Å²) >= 11 is 0. The maximum Gasteiger partial charge on any atom is 0.338 e. The molecule has 0 aromatic carbocycles. The molecule has 0 amide bonds. The van der Waals surface area contributed by atoms with Gasteiger partial charge in [-0.05, 0) is 6.92 Å². The van der Waals surface area contributed by atoms with E-state index >= 15 is 0 Å². The van der Waals surface area contributed by atoms with Gasteiger partial charge in [-0.25, -0.2) is 4.79 Å². The molecule has 0 aliphatic heterocycles. The molecule has 0 heterocycles. The van der Waals surface area contributed by atoms with Gasteiger partial charge in [0, 0.05) is 26.0 Å². The number of nitrogens with zero attached hydrogens (tertiary/aromatic N) is 1. The lowest BCUT2D eigenvalue weighted by atomic mass is 10.3. The summed E-state index contributed by atoms with van der Waals surface area (Å²) in [4.78, 5) is 12.0.